The average Bonchev–Trinajstić information content (AvgIpc) is 2.99. The molecule has 1 heterocycles. The number of aromatic amines is 1. The molecule has 0 fully saturated rings. The number of H-pyrrole nitrogens is 1. The quantitative estimate of drug-likeness (QED) is 0.404. The molecule has 1 N–H and O–H groups in total. The van der Waals surface area contributed by atoms with Crippen molar-refractivity contribution in [2.75, 3.05) is 6.61 Å². The largest absolute Gasteiger partial charge is 0.458 e. The summed E-state index contributed by atoms with van der Waals surface area (Å²) in [4.78, 5) is 24.8. The van der Waals surface area contributed by atoms with E-state index in [9.17, 15) is 9.59 Å². The molecule has 0 bridgehead atoms. The summed E-state index contributed by atoms with van der Waals surface area (Å²) in [7, 11) is 0. The fraction of sp³-hybridized carbons (Fsp3) is 0.100. The van der Waals surface area contributed by atoms with Gasteiger partial charge in [0.15, 0.2) is 5.69 Å². The Bertz CT molecular complexity index is 1050. The van der Waals surface area contributed by atoms with E-state index < -0.39 is 5.97 Å². The maximum atomic E-state index is 12.6. The van der Waals surface area contributed by atoms with Crippen molar-refractivity contribution in [1.82, 2.24) is 9.78 Å². The summed E-state index contributed by atoms with van der Waals surface area (Å²) in [5.74, 6) is -0.531. The number of nitrogens with zero attached hydrogens (tertiary/aromatic N) is 3. The van der Waals surface area contributed by atoms with Gasteiger partial charge in [0.05, 0.1) is 16.9 Å². The van der Waals surface area contributed by atoms with Gasteiger partial charge in [-0.1, -0.05) is 43.0 Å². The lowest BCUT2D eigenvalue weighted by Crippen LogP contribution is -2.13. The van der Waals surface area contributed by atoms with Crippen LogP contribution in [0.2, 0.25) is 0 Å². The molecule has 0 aliphatic carbocycles. The second-order valence-corrected chi connectivity index (χ2v) is 5.67. The number of rotatable bonds is 6. The molecule has 3 rings (SSSR count). The van der Waals surface area contributed by atoms with Gasteiger partial charge in [0.25, 0.3) is 5.56 Å². The zero-order valence-corrected chi connectivity index (χ0v) is 14.8. The maximum Gasteiger partial charge on any atom is 0.340 e. The van der Waals surface area contributed by atoms with Crippen LogP contribution in [-0.2, 0) is 4.74 Å². The van der Waals surface area contributed by atoms with Gasteiger partial charge in [0.1, 0.15) is 12.3 Å². The minimum absolute atomic E-state index is 0.100. The van der Waals surface area contributed by atoms with E-state index in [4.69, 9.17) is 4.74 Å². The third kappa shape index (κ3) is 3.92. The first-order chi connectivity index (χ1) is 13.1. The molecule has 7 heteroatoms. The van der Waals surface area contributed by atoms with E-state index in [1.807, 2.05) is 30.3 Å². The average molecular weight is 362 g/mol. The van der Waals surface area contributed by atoms with E-state index in [2.05, 4.69) is 21.9 Å². The van der Waals surface area contributed by atoms with Crippen molar-refractivity contribution in [3.8, 4) is 5.69 Å². The van der Waals surface area contributed by atoms with Crippen molar-refractivity contribution in [3.63, 3.8) is 0 Å². The highest BCUT2D eigenvalue weighted by molar-refractivity contribution is 5.94. The van der Waals surface area contributed by atoms with Gasteiger partial charge >= 0.3 is 5.97 Å². The predicted molar refractivity (Wildman–Crippen MR) is 102 cm³/mol. The maximum absolute atomic E-state index is 12.6. The summed E-state index contributed by atoms with van der Waals surface area (Å²) in [6, 6.07) is 15.8. The van der Waals surface area contributed by atoms with Crippen molar-refractivity contribution in [1.29, 1.82) is 0 Å². The van der Waals surface area contributed by atoms with E-state index in [1.54, 1.807) is 31.2 Å². The highest BCUT2D eigenvalue weighted by Gasteiger charge is 2.14. The normalized spacial score (nSPS) is 10.9. The molecule has 27 heavy (non-hydrogen) atoms. The fourth-order valence-electron chi connectivity index (χ4n) is 2.46. The van der Waals surface area contributed by atoms with E-state index in [0.29, 0.717) is 17.1 Å². The van der Waals surface area contributed by atoms with Crippen LogP contribution in [0.1, 0.15) is 16.1 Å². The Kier molecular flexibility index (Phi) is 5.41. The lowest BCUT2D eigenvalue weighted by atomic mass is 10.2. The molecule has 0 radical (unpaired) electrons. The summed E-state index contributed by atoms with van der Waals surface area (Å²) in [6.07, 6.45) is 1.48. The molecule has 3 aromatic rings. The number of para-hydroxylation sites is 1. The number of aromatic nitrogens is 2. The number of esters is 1. The minimum atomic E-state index is -0.531. The number of nitrogens with one attached hydrogen (secondary N) is 1. The monoisotopic (exact) mass is 362 g/mol. The summed E-state index contributed by atoms with van der Waals surface area (Å²) in [6.45, 7) is 5.35. The summed E-state index contributed by atoms with van der Waals surface area (Å²) >= 11 is 0. The van der Waals surface area contributed by atoms with Crippen LogP contribution in [0.5, 0.6) is 0 Å². The van der Waals surface area contributed by atoms with Crippen molar-refractivity contribution in [2.45, 2.75) is 6.92 Å². The van der Waals surface area contributed by atoms with Gasteiger partial charge in [-0.3, -0.25) is 9.89 Å². The zero-order chi connectivity index (χ0) is 19.2. The van der Waals surface area contributed by atoms with Crippen LogP contribution in [0.15, 0.2) is 82.3 Å². The van der Waals surface area contributed by atoms with E-state index >= 15 is 0 Å². The van der Waals surface area contributed by atoms with Crippen LogP contribution in [0.25, 0.3) is 5.69 Å². The Morgan fingerprint density at radius 2 is 1.85 bits per heavy atom. The van der Waals surface area contributed by atoms with Gasteiger partial charge in [-0.05, 0) is 31.2 Å². The number of ether oxygens (including phenoxy) is 1. The van der Waals surface area contributed by atoms with Crippen molar-refractivity contribution < 1.29 is 9.53 Å². The molecule has 7 nitrogen and oxygen atoms in total. The Balaban J connectivity index is 1.94. The smallest absolute Gasteiger partial charge is 0.340 e. The number of benzene rings is 2. The third-order valence-electron chi connectivity index (χ3n) is 3.77. The van der Waals surface area contributed by atoms with Crippen LogP contribution in [0, 0.1) is 6.92 Å². The van der Waals surface area contributed by atoms with E-state index in [-0.39, 0.29) is 23.4 Å². The van der Waals surface area contributed by atoms with Crippen LogP contribution in [-0.4, -0.2) is 22.4 Å². The van der Waals surface area contributed by atoms with Crippen LogP contribution in [0.3, 0.4) is 0 Å². The first kappa shape index (κ1) is 18.1. The van der Waals surface area contributed by atoms with Crippen LogP contribution in [0.4, 0.5) is 11.4 Å². The topological polar surface area (TPSA) is 88.8 Å². The standard InChI is InChI=1S/C20H18N4O3/c1-3-13-27-20(26)16-11-7-8-12-17(16)21-22-18-14(2)23-24(19(18)25)15-9-5-4-6-10-15/h3-12,23H,1,13H2,2H3. The second kappa shape index (κ2) is 8.09. The summed E-state index contributed by atoms with van der Waals surface area (Å²) in [5.41, 5.74) is 1.69. The fourth-order valence-corrected chi connectivity index (χ4v) is 2.46. The van der Waals surface area contributed by atoms with Gasteiger partial charge < -0.3 is 4.74 Å². The van der Waals surface area contributed by atoms with Gasteiger partial charge in [0.2, 0.25) is 0 Å². The van der Waals surface area contributed by atoms with Gasteiger partial charge in [-0.15, -0.1) is 10.2 Å². The van der Waals surface area contributed by atoms with Gasteiger partial charge in [-0.25, -0.2) is 9.48 Å². The number of carbonyl (C=O) groups excluding carboxylic acids is 1. The Labute approximate surface area is 155 Å². The summed E-state index contributed by atoms with van der Waals surface area (Å²) in [5, 5.41) is 11.2. The molecular weight excluding hydrogens is 344 g/mol. The number of hydrogen-bond donors (Lipinski definition) is 1. The molecule has 0 aliphatic rings. The Morgan fingerprint density at radius 3 is 2.59 bits per heavy atom. The Hall–Kier alpha value is -3.74. The number of azo groups is 1. The SMILES string of the molecule is C=CCOC(=O)c1ccccc1N=Nc1c(C)[nH]n(-c2ccccc2)c1=O. The second-order valence-electron chi connectivity index (χ2n) is 5.67. The molecule has 0 saturated carbocycles. The van der Waals surface area contributed by atoms with Crippen LogP contribution < -0.4 is 5.56 Å². The van der Waals surface area contributed by atoms with Crippen molar-refractivity contribution in [2.24, 2.45) is 10.2 Å². The molecule has 136 valence electrons. The molecule has 2 aromatic carbocycles. The molecule has 0 saturated heterocycles. The highest BCUT2D eigenvalue weighted by atomic mass is 16.5. The first-order valence-corrected chi connectivity index (χ1v) is 8.27. The molecular formula is C20H18N4O3. The molecule has 0 amide bonds. The molecule has 0 spiro atoms. The van der Waals surface area contributed by atoms with E-state index in [0.717, 1.165) is 0 Å². The number of carbonyl (C=O) groups is 1. The summed E-state index contributed by atoms with van der Waals surface area (Å²) < 4.78 is 6.45. The minimum Gasteiger partial charge on any atom is -0.458 e. The number of aryl methyl sites for hydroxylation is 1. The van der Waals surface area contributed by atoms with Gasteiger partial charge in [0, 0.05) is 0 Å². The van der Waals surface area contributed by atoms with E-state index in [1.165, 1.54) is 10.8 Å². The molecule has 0 atom stereocenters. The Morgan fingerprint density at radius 1 is 1.15 bits per heavy atom. The predicted octanol–water partition coefficient (Wildman–Crippen LogP) is 4.23. The van der Waals surface area contributed by atoms with Crippen molar-refractivity contribution in [3.05, 3.63) is 88.9 Å². The number of hydrogen-bond acceptors (Lipinski definition) is 5. The molecule has 0 aliphatic heterocycles. The first-order valence-electron chi connectivity index (χ1n) is 8.27. The molecule has 0 unspecified atom stereocenters. The van der Waals surface area contributed by atoms with Crippen LogP contribution >= 0.6 is 0 Å². The van der Waals surface area contributed by atoms with Crippen molar-refractivity contribution >= 4 is 17.3 Å². The highest BCUT2D eigenvalue weighted by Crippen LogP contribution is 2.23. The lowest BCUT2D eigenvalue weighted by molar-refractivity contribution is 0.0550. The molecule has 1 aromatic heterocycles. The third-order valence-corrected chi connectivity index (χ3v) is 3.77. The van der Waals surface area contributed by atoms with Gasteiger partial charge in [-0.2, -0.15) is 0 Å². The lowest BCUT2D eigenvalue weighted by Gasteiger charge is -2.03. The zero-order valence-electron chi connectivity index (χ0n) is 14.8.